The van der Waals surface area contributed by atoms with Crippen LogP contribution in [0.15, 0.2) is 12.2 Å². The maximum absolute atomic E-state index is 4.08. The Bertz CT molecular complexity index is 171. The topological polar surface area (TPSA) is 15.3 Å². The highest BCUT2D eigenvalue weighted by atomic mass is 15.1. The molecule has 1 aliphatic rings. The summed E-state index contributed by atoms with van der Waals surface area (Å²) < 4.78 is 0. The number of nitrogens with zero attached hydrogens (tertiary/aromatic N) is 1. The van der Waals surface area contributed by atoms with Crippen LogP contribution in [0.1, 0.15) is 32.1 Å². The molecular formula is C12H24N2. The Labute approximate surface area is 88.4 Å². The van der Waals surface area contributed by atoms with Gasteiger partial charge in [-0.1, -0.05) is 25.8 Å². The number of nitrogens with one attached hydrogen (secondary N) is 1. The zero-order valence-corrected chi connectivity index (χ0v) is 9.68. The van der Waals surface area contributed by atoms with Crippen LogP contribution in [0.4, 0.5) is 0 Å². The molecule has 0 aromatic rings. The standard InChI is InChI=1S/C12H24N2/c1-11(9-13-2)10-14(3)12-7-5-4-6-8-12/h12-13H,1,4-10H2,2-3H3. The third-order valence-electron chi connectivity index (χ3n) is 3.10. The predicted molar refractivity (Wildman–Crippen MR) is 62.6 cm³/mol. The fraction of sp³-hybridized carbons (Fsp3) is 0.833. The summed E-state index contributed by atoms with van der Waals surface area (Å²) >= 11 is 0. The van der Waals surface area contributed by atoms with Crippen molar-refractivity contribution in [3.8, 4) is 0 Å². The first-order chi connectivity index (χ1) is 6.74. The molecule has 0 atom stereocenters. The van der Waals surface area contributed by atoms with Gasteiger partial charge in [-0.15, -0.1) is 0 Å². The van der Waals surface area contributed by atoms with E-state index in [1.165, 1.54) is 37.7 Å². The van der Waals surface area contributed by atoms with E-state index >= 15 is 0 Å². The third-order valence-corrected chi connectivity index (χ3v) is 3.10. The Balaban J connectivity index is 2.25. The van der Waals surface area contributed by atoms with Crippen LogP contribution >= 0.6 is 0 Å². The Hall–Kier alpha value is -0.340. The Kier molecular flexibility index (Phi) is 5.20. The first kappa shape index (κ1) is 11.7. The van der Waals surface area contributed by atoms with Crippen molar-refractivity contribution in [2.75, 3.05) is 27.2 Å². The minimum absolute atomic E-state index is 0.803. The quantitative estimate of drug-likeness (QED) is 0.677. The summed E-state index contributed by atoms with van der Waals surface area (Å²) in [4.78, 5) is 2.47. The van der Waals surface area contributed by atoms with Crippen molar-refractivity contribution >= 4 is 0 Å². The number of likely N-dealkylation sites (N-methyl/N-ethyl adjacent to an activating group) is 2. The fourth-order valence-corrected chi connectivity index (χ4v) is 2.31. The predicted octanol–water partition coefficient (Wildman–Crippen LogP) is 2.03. The lowest BCUT2D eigenvalue weighted by Gasteiger charge is -2.31. The number of hydrogen-bond donors (Lipinski definition) is 1. The summed E-state index contributed by atoms with van der Waals surface area (Å²) in [5.74, 6) is 0. The smallest absolute Gasteiger partial charge is 0.0202 e. The van der Waals surface area contributed by atoms with Crippen LogP contribution < -0.4 is 5.32 Å². The van der Waals surface area contributed by atoms with E-state index in [9.17, 15) is 0 Å². The summed E-state index contributed by atoms with van der Waals surface area (Å²) in [6, 6.07) is 0.803. The van der Waals surface area contributed by atoms with Crippen molar-refractivity contribution in [1.29, 1.82) is 0 Å². The minimum Gasteiger partial charge on any atom is -0.316 e. The molecule has 0 saturated heterocycles. The molecule has 0 radical (unpaired) electrons. The first-order valence-electron chi connectivity index (χ1n) is 5.75. The molecule has 2 heteroatoms. The average Bonchev–Trinajstić information content (AvgIpc) is 2.19. The maximum atomic E-state index is 4.08. The highest BCUT2D eigenvalue weighted by Crippen LogP contribution is 2.21. The second-order valence-electron chi connectivity index (χ2n) is 4.49. The lowest BCUT2D eigenvalue weighted by Crippen LogP contribution is -2.35. The molecule has 0 aromatic heterocycles. The molecule has 1 aliphatic carbocycles. The lowest BCUT2D eigenvalue weighted by molar-refractivity contribution is 0.205. The van der Waals surface area contributed by atoms with Gasteiger partial charge in [0.25, 0.3) is 0 Å². The van der Waals surface area contributed by atoms with E-state index in [4.69, 9.17) is 0 Å². The summed E-state index contributed by atoms with van der Waals surface area (Å²) in [5, 5.41) is 3.15. The van der Waals surface area contributed by atoms with Crippen molar-refractivity contribution in [1.82, 2.24) is 10.2 Å². The maximum Gasteiger partial charge on any atom is 0.0202 e. The average molecular weight is 196 g/mol. The normalized spacial score (nSPS) is 18.8. The molecule has 1 rings (SSSR count). The monoisotopic (exact) mass is 196 g/mol. The summed E-state index contributed by atoms with van der Waals surface area (Å²) in [6.45, 7) is 6.06. The van der Waals surface area contributed by atoms with E-state index in [1.54, 1.807) is 0 Å². The molecule has 2 nitrogen and oxygen atoms in total. The van der Waals surface area contributed by atoms with E-state index in [0.29, 0.717) is 0 Å². The van der Waals surface area contributed by atoms with Gasteiger partial charge in [-0.3, -0.25) is 4.90 Å². The van der Waals surface area contributed by atoms with E-state index in [1.807, 2.05) is 7.05 Å². The molecule has 0 spiro atoms. The van der Waals surface area contributed by atoms with Gasteiger partial charge in [0, 0.05) is 19.1 Å². The van der Waals surface area contributed by atoms with Gasteiger partial charge in [0.05, 0.1) is 0 Å². The summed E-state index contributed by atoms with van der Waals surface area (Å²) in [6.07, 6.45) is 7.01. The van der Waals surface area contributed by atoms with Crippen molar-refractivity contribution < 1.29 is 0 Å². The van der Waals surface area contributed by atoms with Crippen LogP contribution in [0.2, 0.25) is 0 Å². The zero-order chi connectivity index (χ0) is 10.4. The molecule has 0 unspecified atom stereocenters. The van der Waals surface area contributed by atoms with Gasteiger partial charge in [0.1, 0.15) is 0 Å². The first-order valence-corrected chi connectivity index (χ1v) is 5.75. The van der Waals surface area contributed by atoms with Gasteiger partial charge in [-0.05, 0) is 32.5 Å². The molecule has 82 valence electrons. The van der Waals surface area contributed by atoms with Gasteiger partial charge in [-0.2, -0.15) is 0 Å². The number of hydrogen-bond acceptors (Lipinski definition) is 2. The van der Waals surface area contributed by atoms with Crippen LogP contribution in [-0.4, -0.2) is 38.1 Å². The van der Waals surface area contributed by atoms with Crippen molar-refractivity contribution in [2.45, 2.75) is 38.1 Å². The van der Waals surface area contributed by atoms with Crippen molar-refractivity contribution in [3.05, 3.63) is 12.2 Å². The highest BCUT2D eigenvalue weighted by molar-refractivity contribution is 4.99. The summed E-state index contributed by atoms with van der Waals surface area (Å²) in [5.41, 5.74) is 1.29. The minimum atomic E-state index is 0.803. The lowest BCUT2D eigenvalue weighted by atomic mass is 9.94. The van der Waals surface area contributed by atoms with Gasteiger partial charge < -0.3 is 5.32 Å². The van der Waals surface area contributed by atoms with E-state index in [-0.39, 0.29) is 0 Å². The molecule has 1 saturated carbocycles. The SMILES string of the molecule is C=C(CNC)CN(C)C1CCCCC1. The van der Waals surface area contributed by atoms with Crippen molar-refractivity contribution in [2.24, 2.45) is 0 Å². The van der Waals surface area contributed by atoms with E-state index < -0.39 is 0 Å². The summed E-state index contributed by atoms with van der Waals surface area (Å²) in [7, 11) is 4.21. The van der Waals surface area contributed by atoms with E-state index in [0.717, 1.165) is 19.1 Å². The Morgan fingerprint density at radius 3 is 2.57 bits per heavy atom. The second-order valence-corrected chi connectivity index (χ2v) is 4.49. The van der Waals surface area contributed by atoms with Crippen molar-refractivity contribution in [3.63, 3.8) is 0 Å². The van der Waals surface area contributed by atoms with Gasteiger partial charge in [0.15, 0.2) is 0 Å². The molecule has 1 fully saturated rings. The van der Waals surface area contributed by atoms with Crippen LogP contribution in [0.3, 0.4) is 0 Å². The van der Waals surface area contributed by atoms with E-state index in [2.05, 4.69) is 23.8 Å². The molecular weight excluding hydrogens is 172 g/mol. The molecule has 1 N–H and O–H groups in total. The van der Waals surface area contributed by atoms with Gasteiger partial charge in [-0.25, -0.2) is 0 Å². The molecule has 14 heavy (non-hydrogen) atoms. The largest absolute Gasteiger partial charge is 0.316 e. The van der Waals surface area contributed by atoms with Crippen LogP contribution in [0.5, 0.6) is 0 Å². The fourth-order valence-electron chi connectivity index (χ4n) is 2.31. The Morgan fingerprint density at radius 1 is 1.36 bits per heavy atom. The molecule has 0 aliphatic heterocycles. The van der Waals surface area contributed by atoms with Crippen LogP contribution in [-0.2, 0) is 0 Å². The third kappa shape index (κ3) is 3.81. The van der Waals surface area contributed by atoms with Gasteiger partial charge >= 0.3 is 0 Å². The highest BCUT2D eigenvalue weighted by Gasteiger charge is 2.17. The molecule has 0 aromatic carbocycles. The van der Waals surface area contributed by atoms with Crippen LogP contribution in [0.25, 0.3) is 0 Å². The van der Waals surface area contributed by atoms with Gasteiger partial charge in [0.2, 0.25) is 0 Å². The number of rotatable bonds is 5. The second kappa shape index (κ2) is 6.20. The molecule has 0 heterocycles. The molecule has 0 amide bonds. The zero-order valence-electron chi connectivity index (χ0n) is 9.68. The van der Waals surface area contributed by atoms with Crippen LogP contribution in [0, 0.1) is 0 Å². The Morgan fingerprint density at radius 2 is 2.00 bits per heavy atom. The molecule has 0 bridgehead atoms.